The van der Waals surface area contributed by atoms with Gasteiger partial charge in [0.05, 0.1) is 4.90 Å². The molecule has 24 heavy (non-hydrogen) atoms. The Kier molecular flexibility index (Phi) is 8.82. The number of sulfone groups is 1. The molecule has 0 spiro atoms. The average Bonchev–Trinajstić information content (AvgIpc) is 2.55. The molecule has 1 aromatic rings. The standard InChI is InChI=1S/C18H31N3O2S/c1-5-6-7-8-9-15(2)21-18(19-3)20-14-16-10-12-17(13-11-16)24(4,22)23/h10-13,15H,5-9,14H2,1-4H3,(H2,19,20,21). The third-order valence-corrected chi connectivity index (χ3v) is 5.04. The van der Waals surface area contributed by atoms with Crippen LogP contribution in [0.2, 0.25) is 0 Å². The molecule has 1 aromatic carbocycles. The molecule has 0 heterocycles. The second-order valence-corrected chi connectivity index (χ2v) is 8.25. The molecule has 1 rings (SSSR count). The molecule has 0 aliphatic rings. The fraction of sp³-hybridized carbons (Fsp3) is 0.611. The van der Waals surface area contributed by atoms with Crippen LogP contribution in [0.4, 0.5) is 0 Å². The zero-order valence-electron chi connectivity index (χ0n) is 15.3. The highest BCUT2D eigenvalue weighted by molar-refractivity contribution is 7.90. The number of nitrogens with one attached hydrogen (secondary N) is 2. The van der Waals surface area contributed by atoms with Gasteiger partial charge in [-0.2, -0.15) is 0 Å². The van der Waals surface area contributed by atoms with E-state index in [0.717, 1.165) is 17.9 Å². The van der Waals surface area contributed by atoms with Gasteiger partial charge in [0.1, 0.15) is 0 Å². The first-order valence-corrected chi connectivity index (χ1v) is 10.5. The van der Waals surface area contributed by atoms with E-state index < -0.39 is 9.84 Å². The van der Waals surface area contributed by atoms with Gasteiger partial charge in [0.2, 0.25) is 0 Å². The molecule has 1 atom stereocenters. The van der Waals surface area contributed by atoms with Crippen molar-refractivity contribution < 1.29 is 8.42 Å². The summed E-state index contributed by atoms with van der Waals surface area (Å²) in [5.41, 5.74) is 1.01. The number of guanidine groups is 1. The first-order chi connectivity index (χ1) is 11.4. The largest absolute Gasteiger partial charge is 0.354 e. The minimum absolute atomic E-state index is 0.342. The van der Waals surface area contributed by atoms with Gasteiger partial charge < -0.3 is 10.6 Å². The fourth-order valence-corrected chi connectivity index (χ4v) is 3.05. The minimum Gasteiger partial charge on any atom is -0.354 e. The van der Waals surface area contributed by atoms with Crippen molar-refractivity contribution in [2.45, 2.75) is 63.4 Å². The SMILES string of the molecule is CCCCCCC(C)NC(=NC)NCc1ccc(S(C)(=O)=O)cc1. The lowest BCUT2D eigenvalue weighted by molar-refractivity contribution is 0.537. The topological polar surface area (TPSA) is 70.6 Å². The van der Waals surface area contributed by atoms with Crippen molar-refractivity contribution in [1.82, 2.24) is 10.6 Å². The molecule has 0 aliphatic heterocycles. The molecular formula is C18H31N3O2S. The highest BCUT2D eigenvalue weighted by Crippen LogP contribution is 2.10. The van der Waals surface area contributed by atoms with Crippen molar-refractivity contribution >= 4 is 15.8 Å². The Balaban J connectivity index is 2.43. The van der Waals surface area contributed by atoms with Gasteiger partial charge in [0, 0.05) is 25.9 Å². The first-order valence-electron chi connectivity index (χ1n) is 8.63. The number of benzene rings is 1. The third-order valence-electron chi connectivity index (χ3n) is 3.91. The Morgan fingerprint density at radius 1 is 1.17 bits per heavy atom. The Labute approximate surface area is 146 Å². The lowest BCUT2D eigenvalue weighted by atomic mass is 10.1. The predicted octanol–water partition coefficient (Wildman–Crippen LogP) is 3.11. The zero-order valence-corrected chi connectivity index (χ0v) is 16.1. The maximum absolute atomic E-state index is 11.5. The molecule has 0 amide bonds. The summed E-state index contributed by atoms with van der Waals surface area (Å²) in [4.78, 5) is 4.58. The van der Waals surface area contributed by atoms with E-state index in [4.69, 9.17) is 0 Å². The molecule has 0 radical (unpaired) electrons. The Hall–Kier alpha value is -1.56. The molecule has 1 unspecified atom stereocenters. The minimum atomic E-state index is -3.14. The summed E-state index contributed by atoms with van der Waals surface area (Å²) in [6, 6.07) is 7.30. The monoisotopic (exact) mass is 353 g/mol. The second-order valence-electron chi connectivity index (χ2n) is 6.24. The van der Waals surface area contributed by atoms with Crippen molar-refractivity contribution in [3.8, 4) is 0 Å². The van der Waals surface area contributed by atoms with Crippen LogP contribution in [0.5, 0.6) is 0 Å². The van der Waals surface area contributed by atoms with Crippen LogP contribution in [0.1, 0.15) is 51.5 Å². The van der Waals surface area contributed by atoms with Crippen LogP contribution in [0.3, 0.4) is 0 Å². The summed E-state index contributed by atoms with van der Waals surface area (Å²) < 4.78 is 22.9. The molecule has 0 bridgehead atoms. The maximum atomic E-state index is 11.5. The van der Waals surface area contributed by atoms with Gasteiger partial charge in [0.25, 0.3) is 0 Å². The maximum Gasteiger partial charge on any atom is 0.191 e. The number of rotatable bonds is 9. The molecule has 2 N–H and O–H groups in total. The fourth-order valence-electron chi connectivity index (χ4n) is 2.42. The van der Waals surface area contributed by atoms with Crippen LogP contribution in [0, 0.1) is 0 Å². The van der Waals surface area contributed by atoms with Crippen LogP contribution in [0.25, 0.3) is 0 Å². The number of nitrogens with zero attached hydrogens (tertiary/aromatic N) is 1. The molecule has 5 nitrogen and oxygen atoms in total. The molecule has 0 saturated carbocycles. The third kappa shape index (κ3) is 7.81. The summed E-state index contributed by atoms with van der Waals surface area (Å²) >= 11 is 0. The smallest absolute Gasteiger partial charge is 0.191 e. The van der Waals surface area contributed by atoms with Crippen molar-refractivity contribution in [2.24, 2.45) is 4.99 Å². The van der Waals surface area contributed by atoms with E-state index in [1.807, 2.05) is 12.1 Å². The highest BCUT2D eigenvalue weighted by atomic mass is 32.2. The molecule has 0 aromatic heterocycles. The highest BCUT2D eigenvalue weighted by Gasteiger charge is 2.07. The summed E-state index contributed by atoms with van der Waals surface area (Å²) in [5, 5.41) is 6.66. The van der Waals surface area contributed by atoms with Crippen LogP contribution >= 0.6 is 0 Å². The van der Waals surface area contributed by atoms with E-state index in [9.17, 15) is 8.42 Å². The number of hydrogen-bond donors (Lipinski definition) is 2. The van der Waals surface area contributed by atoms with Crippen LogP contribution < -0.4 is 10.6 Å². The van der Waals surface area contributed by atoms with Crippen LogP contribution in [-0.4, -0.2) is 33.7 Å². The van der Waals surface area contributed by atoms with Gasteiger partial charge in [-0.15, -0.1) is 0 Å². The van der Waals surface area contributed by atoms with Gasteiger partial charge >= 0.3 is 0 Å². The quantitative estimate of drug-likeness (QED) is 0.406. The van der Waals surface area contributed by atoms with E-state index >= 15 is 0 Å². The summed E-state index contributed by atoms with van der Waals surface area (Å²) in [7, 11) is -1.39. The molecular weight excluding hydrogens is 322 g/mol. The first kappa shape index (κ1) is 20.5. The van der Waals surface area contributed by atoms with Gasteiger partial charge in [0.15, 0.2) is 15.8 Å². The second kappa shape index (κ2) is 10.3. The predicted molar refractivity (Wildman–Crippen MR) is 101 cm³/mol. The molecule has 0 aliphatic carbocycles. The van der Waals surface area contributed by atoms with E-state index in [1.54, 1.807) is 19.2 Å². The van der Waals surface area contributed by atoms with Crippen LogP contribution in [-0.2, 0) is 16.4 Å². The Morgan fingerprint density at radius 3 is 2.38 bits per heavy atom. The van der Waals surface area contributed by atoms with Gasteiger partial charge in [-0.25, -0.2) is 8.42 Å². The molecule has 6 heteroatoms. The van der Waals surface area contributed by atoms with Crippen molar-refractivity contribution in [2.75, 3.05) is 13.3 Å². The van der Waals surface area contributed by atoms with Crippen molar-refractivity contribution in [3.63, 3.8) is 0 Å². The zero-order chi connectivity index (χ0) is 18.0. The van der Waals surface area contributed by atoms with E-state index in [1.165, 1.54) is 31.9 Å². The lowest BCUT2D eigenvalue weighted by Gasteiger charge is -2.18. The van der Waals surface area contributed by atoms with E-state index in [0.29, 0.717) is 17.5 Å². The van der Waals surface area contributed by atoms with E-state index in [2.05, 4.69) is 29.5 Å². The van der Waals surface area contributed by atoms with Crippen molar-refractivity contribution in [3.05, 3.63) is 29.8 Å². The van der Waals surface area contributed by atoms with Gasteiger partial charge in [-0.3, -0.25) is 4.99 Å². The van der Waals surface area contributed by atoms with Crippen LogP contribution in [0.15, 0.2) is 34.2 Å². The Bertz CT molecular complexity index is 610. The number of hydrogen-bond acceptors (Lipinski definition) is 3. The number of aliphatic imine (C=N–C) groups is 1. The molecule has 0 fully saturated rings. The Morgan fingerprint density at radius 2 is 1.83 bits per heavy atom. The summed E-state index contributed by atoms with van der Waals surface area (Å²) in [6.07, 6.45) is 7.40. The van der Waals surface area contributed by atoms with E-state index in [-0.39, 0.29) is 0 Å². The average molecular weight is 354 g/mol. The lowest BCUT2D eigenvalue weighted by Crippen LogP contribution is -2.41. The summed E-state index contributed by atoms with van der Waals surface area (Å²) in [5.74, 6) is 0.769. The van der Waals surface area contributed by atoms with Gasteiger partial charge in [-0.05, 0) is 31.0 Å². The normalized spacial score (nSPS) is 13.6. The summed E-state index contributed by atoms with van der Waals surface area (Å²) in [6.45, 7) is 4.99. The van der Waals surface area contributed by atoms with Crippen molar-refractivity contribution in [1.29, 1.82) is 0 Å². The van der Waals surface area contributed by atoms with Gasteiger partial charge in [-0.1, -0.05) is 44.7 Å². The molecule has 136 valence electrons. The molecule has 0 saturated heterocycles. The number of unbranched alkanes of at least 4 members (excludes halogenated alkanes) is 3.